The summed E-state index contributed by atoms with van der Waals surface area (Å²) in [6.07, 6.45) is 0. The van der Waals surface area contributed by atoms with E-state index >= 15 is 0 Å². The van der Waals surface area contributed by atoms with Gasteiger partial charge in [-0.15, -0.1) is 0 Å². The smallest absolute Gasteiger partial charge is 0.273 e. The fourth-order valence-corrected chi connectivity index (χ4v) is 1.04. The Balaban J connectivity index is 2.93. The third-order valence-electron chi connectivity index (χ3n) is 1.71. The van der Waals surface area contributed by atoms with Crippen molar-refractivity contribution in [3.8, 4) is 11.5 Å². The zero-order valence-electron chi connectivity index (χ0n) is 8.17. The van der Waals surface area contributed by atoms with Gasteiger partial charge in [0.2, 0.25) is 0 Å². The Morgan fingerprint density at radius 2 is 2.20 bits per heavy atom. The van der Waals surface area contributed by atoms with Gasteiger partial charge in [-0.3, -0.25) is 10.1 Å². The second-order valence-corrected chi connectivity index (χ2v) is 2.66. The topological polar surface area (TPSA) is 81.8 Å². The maximum Gasteiger partial charge on any atom is 0.273 e. The third-order valence-corrected chi connectivity index (χ3v) is 1.71. The number of benzene rings is 1. The van der Waals surface area contributed by atoms with E-state index in [-0.39, 0.29) is 24.7 Å². The second-order valence-electron chi connectivity index (χ2n) is 2.66. The van der Waals surface area contributed by atoms with E-state index in [0.717, 1.165) is 0 Å². The predicted molar refractivity (Wildman–Crippen MR) is 52.2 cm³/mol. The molecule has 0 aliphatic carbocycles. The fraction of sp³-hybridized carbons (Fsp3) is 0.333. The normalized spacial score (nSPS) is 9.73. The Bertz CT molecular complexity index is 352. The Labute approximate surface area is 86.2 Å². The van der Waals surface area contributed by atoms with Crippen molar-refractivity contribution in [3.05, 3.63) is 28.3 Å². The number of rotatable bonds is 5. The lowest BCUT2D eigenvalue weighted by atomic mass is 10.3. The number of methoxy groups -OCH3 is 1. The van der Waals surface area contributed by atoms with E-state index in [0.29, 0.717) is 5.75 Å². The maximum atomic E-state index is 10.5. The molecule has 0 unspecified atom stereocenters. The van der Waals surface area contributed by atoms with Gasteiger partial charge in [0, 0.05) is 6.07 Å². The van der Waals surface area contributed by atoms with Crippen LogP contribution in [0.5, 0.6) is 11.5 Å². The van der Waals surface area contributed by atoms with Gasteiger partial charge in [0.1, 0.15) is 6.61 Å². The Hall–Kier alpha value is -1.82. The molecule has 0 fully saturated rings. The van der Waals surface area contributed by atoms with Crippen molar-refractivity contribution in [1.29, 1.82) is 0 Å². The van der Waals surface area contributed by atoms with Gasteiger partial charge < -0.3 is 14.6 Å². The Morgan fingerprint density at radius 3 is 2.73 bits per heavy atom. The molecule has 1 rings (SSSR count). The van der Waals surface area contributed by atoms with E-state index in [4.69, 9.17) is 14.6 Å². The van der Waals surface area contributed by atoms with Crippen LogP contribution in [0.15, 0.2) is 18.2 Å². The molecule has 0 aliphatic rings. The summed E-state index contributed by atoms with van der Waals surface area (Å²) < 4.78 is 10.0. The van der Waals surface area contributed by atoms with Crippen molar-refractivity contribution in [1.82, 2.24) is 0 Å². The van der Waals surface area contributed by atoms with Crippen molar-refractivity contribution in [2.24, 2.45) is 0 Å². The highest BCUT2D eigenvalue weighted by Gasteiger charge is 2.11. The second kappa shape index (κ2) is 5.16. The lowest BCUT2D eigenvalue weighted by Gasteiger charge is -2.08. The lowest BCUT2D eigenvalue weighted by molar-refractivity contribution is -0.384. The standard InChI is InChI=1S/C9H11NO5/c1-14-9-6-7(10(12)13)2-3-8(9)15-5-4-11/h2-3,6,11H,4-5H2,1H3. The molecule has 0 bridgehead atoms. The van der Waals surface area contributed by atoms with Gasteiger partial charge in [-0.25, -0.2) is 0 Å². The van der Waals surface area contributed by atoms with Crippen molar-refractivity contribution >= 4 is 5.69 Å². The van der Waals surface area contributed by atoms with E-state index in [1.165, 1.54) is 25.3 Å². The number of aliphatic hydroxyl groups is 1. The molecule has 0 heterocycles. The molecule has 0 amide bonds. The Morgan fingerprint density at radius 1 is 1.47 bits per heavy atom. The summed E-state index contributed by atoms with van der Waals surface area (Å²) in [6, 6.07) is 4.02. The van der Waals surface area contributed by atoms with Gasteiger partial charge >= 0.3 is 0 Å². The van der Waals surface area contributed by atoms with Crippen molar-refractivity contribution in [2.45, 2.75) is 0 Å². The van der Waals surface area contributed by atoms with Gasteiger partial charge in [0.05, 0.1) is 24.7 Å². The number of hydrogen-bond acceptors (Lipinski definition) is 5. The van der Waals surface area contributed by atoms with Crippen LogP contribution in [0.1, 0.15) is 0 Å². The van der Waals surface area contributed by atoms with Crippen molar-refractivity contribution < 1.29 is 19.5 Å². The Kier molecular flexibility index (Phi) is 3.87. The molecule has 6 nitrogen and oxygen atoms in total. The van der Waals surface area contributed by atoms with Crippen LogP contribution in [0.2, 0.25) is 0 Å². The van der Waals surface area contributed by atoms with E-state index in [9.17, 15) is 10.1 Å². The van der Waals surface area contributed by atoms with Gasteiger partial charge in [0.25, 0.3) is 5.69 Å². The molecule has 0 aliphatic heterocycles. The number of nitro benzene ring substituents is 1. The number of nitrogens with zero attached hydrogens (tertiary/aromatic N) is 1. The van der Waals surface area contributed by atoms with Crippen LogP contribution in [-0.4, -0.2) is 30.4 Å². The molecule has 1 aromatic rings. The van der Waals surface area contributed by atoms with E-state index < -0.39 is 4.92 Å². The van der Waals surface area contributed by atoms with Crippen LogP contribution < -0.4 is 9.47 Å². The summed E-state index contributed by atoms with van der Waals surface area (Å²) in [6.45, 7) is -0.00564. The zero-order valence-corrected chi connectivity index (χ0v) is 8.17. The maximum absolute atomic E-state index is 10.5. The van der Waals surface area contributed by atoms with Gasteiger partial charge in [0.15, 0.2) is 11.5 Å². The van der Waals surface area contributed by atoms with Crippen LogP contribution in [-0.2, 0) is 0 Å². The molecule has 0 radical (unpaired) electrons. The molecular weight excluding hydrogens is 202 g/mol. The molecule has 15 heavy (non-hydrogen) atoms. The zero-order chi connectivity index (χ0) is 11.3. The molecule has 6 heteroatoms. The van der Waals surface area contributed by atoms with E-state index in [1.807, 2.05) is 0 Å². The first-order valence-corrected chi connectivity index (χ1v) is 4.25. The molecule has 0 saturated carbocycles. The summed E-state index contributed by atoms with van der Waals surface area (Å²) in [4.78, 5) is 9.95. The number of aliphatic hydroxyl groups excluding tert-OH is 1. The summed E-state index contributed by atoms with van der Waals surface area (Å²) in [5, 5.41) is 19.0. The number of hydrogen-bond donors (Lipinski definition) is 1. The van der Waals surface area contributed by atoms with E-state index in [2.05, 4.69) is 0 Å². The molecule has 0 spiro atoms. The first-order chi connectivity index (χ1) is 7.19. The summed E-state index contributed by atoms with van der Waals surface area (Å²) >= 11 is 0. The molecule has 82 valence electrons. The highest BCUT2D eigenvalue weighted by molar-refractivity contribution is 5.48. The molecule has 0 saturated heterocycles. The SMILES string of the molecule is COc1cc([N+](=O)[O-])ccc1OCCO. The average Bonchev–Trinajstić information content (AvgIpc) is 2.25. The van der Waals surface area contributed by atoms with Crippen molar-refractivity contribution in [3.63, 3.8) is 0 Å². The van der Waals surface area contributed by atoms with Crippen LogP contribution in [0.4, 0.5) is 5.69 Å². The highest BCUT2D eigenvalue weighted by Crippen LogP contribution is 2.30. The largest absolute Gasteiger partial charge is 0.493 e. The van der Waals surface area contributed by atoms with Crippen LogP contribution in [0.25, 0.3) is 0 Å². The van der Waals surface area contributed by atoms with E-state index in [1.54, 1.807) is 0 Å². The first kappa shape index (κ1) is 11.3. The van der Waals surface area contributed by atoms with Crippen LogP contribution in [0.3, 0.4) is 0 Å². The number of nitro groups is 1. The number of ether oxygens (including phenoxy) is 2. The predicted octanol–water partition coefficient (Wildman–Crippen LogP) is 0.974. The monoisotopic (exact) mass is 213 g/mol. The minimum absolute atomic E-state index is 0.0665. The summed E-state index contributed by atoms with van der Waals surface area (Å²) in [5.74, 6) is 0.648. The average molecular weight is 213 g/mol. The van der Waals surface area contributed by atoms with Gasteiger partial charge in [-0.05, 0) is 6.07 Å². The molecule has 1 aromatic carbocycles. The first-order valence-electron chi connectivity index (χ1n) is 4.25. The quantitative estimate of drug-likeness (QED) is 0.582. The molecule has 0 aromatic heterocycles. The minimum atomic E-state index is -0.516. The van der Waals surface area contributed by atoms with Gasteiger partial charge in [-0.2, -0.15) is 0 Å². The molecule has 1 N–H and O–H groups in total. The summed E-state index contributed by atoms with van der Waals surface area (Å²) in [7, 11) is 1.39. The summed E-state index contributed by atoms with van der Waals surface area (Å²) in [5.41, 5.74) is -0.0665. The van der Waals surface area contributed by atoms with Crippen molar-refractivity contribution in [2.75, 3.05) is 20.3 Å². The van der Waals surface area contributed by atoms with Gasteiger partial charge in [-0.1, -0.05) is 0 Å². The third kappa shape index (κ3) is 2.81. The van der Waals surface area contributed by atoms with Crippen LogP contribution in [0, 0.1) is 10.1 Å². The minimum Gasteiger partial charge on any atom is -0.493 e. The highest BCUT2D eigenvalue weighted by atomic mass is 16.6. The molecular formula is C9H11NO5. The molecule has 0 atom stereocenters. The number of non-ortho nitro benzene ring substituents is 1. The van der Waals surface area contributed by atoms with Crippen LogP contribution >= 0.6 is 0 Å². The fourth-order valence-electron chi connectivity index (χ4n) is 1.04. The lowest BCUT2D eigenvalue weighted by Crippen LogP contribution is -2.03.